The zero-order valence-corrected chi connectivity index (χ0v) is 7.60. The SMILES string of the molecule is Nc1sc2cc(C=O)ccc2c1N. The van der Waals surface area contributed by atoms with E-state index in [1.54, 1.807) is 12.1 Å². The summed E-state index contributed by atoms with van der Waals surface area (Å²) in [6.45, 7) is 0. The molecule has 0 saturated heterocycles. The van der Waals surface area contributed by atoms with Crippen molar-refractivity contribution in [3.63, 3.8) is 0 Å². The first-order valence-corrected chi connectivity index (χ1v) is 4.56. The number of carbonyl (C=O) groups is 1. The predicted molar refractivity (Wildman–Crippen MR) is 56.0 cm³/mol. The van der Waals surface area contributed by atoms with Crippen LogP contribution in [0.3, 0.4) is 0 Å². The highest BCUT2D eigenvalue weighted by Crippen LogP contribution is 2.35. The molecule has 0 radical (unpaired) electrons. The van der Waals surface area contributed by atoms with Crippen LogP contribution in [0.2, 0.25) is 0 Å². The van der Waals surface area contributed by atoms with Gasteiger partial charge in [-0.2, -0.15) is 0 Å². The molecule has 1 heterocycles. The number of anilines is 2. The normalized spacial score (nSPS) is 10.5. The Hall–Kier alpha value is -1.55. The van der Waals surface area contributed by atoms with E-state index in [0.29, 0.717) is 16.3 Å². The lowest BCUT2D eigenvalue weighted by Gasteiger charge is -1.92. The van der Waals surface area contributed by atoms with E-state index in [1.807, 2.05) is 6.07 Å². The van der Waals surface area contributed by atoms with Crippen LogP contribution < -0.4 is 11.5 Å². The zero-order valence-electron chi connectivity index (χ0n) is 6.78. The summed E-state index contributed by atoms with van der Waals surface area (Å²) in [6, 6.07) is 5.35. The molecule has 0 aliphatic heterocycles. The minimum Gasteiger partial charge on any atom is -0.396 e. The van der Waals surface area contributed by atoms with Crippen molar-refractivity contribution in [2.45, 2.75) is 0 Å². The van der Waals surface area contributed by atoms with Crippen LogP contribution in [0.1, 0.15) is 10.4 Å². The highest BCUT2D eigenvalue weighted by atomic mass is 32.1. The lowest BCUT2D eigenvalue weighted by atomic mass is 10.2. The van der Waals surface area contributed by atoms with Crippen LogP contribution >= 0.6 is 11.3 Å². The van der Waals surface area contributed by atoms with Crippen LogP contribution in [-0.4, -0.2) is 6.29 Å². The van der Waals surface area contributed by atoms with Crippen LogP contribution in [0.15, 0.2) is 18.2 Å². The fourth-order valence-corrected chi connectivity index (χ4v) is 2.17. The van der Waals surface area contributed by atoms with Gasteiger partial charge >= 0.3 is 0 Å². The Balaban J connectivity index is 2.79. The van der Waals surface area contributed by atoms with Gasteiger partial charge in [0, 0.05) is 15.6 Å². The molecule has 2 rings (SSSR count). The predicted octanol–water partition coefficient (Wildman–Crippen LogP) is 1.88. The fraction of sp³-hybridized carbons (Fsp3) is 0. The molecule has 0 bridgehead atoms. The molecule has 0 saturated carbocycles. The quantitative estimate of drug-likeness (QED) is 0.678. The second-order valence-electron chi connectivity index (χ2n) is 2.75. The van der Waals surface area contributed by atoms with Gasteiger partial charge in [0.25, 0.3) is 0 Å². The Bertz CT molecular complexity index is 476. The third-order valence-corrected chi connectivity index (χ3v) is 2.91. The molecule has 3 nitrogen and oxygen atoms in total. The van der Waals surface area contributed by atoms with Crippen molar-refractivity contribution in [2.75, 3.05) is 11.5 Å². The van der Waals surface area contributed by atoms with Gasteiger partial charge in [0.15, 0.2) is 0 Å². The van der Waals surface area contributed by atoms with E-state index in [9.17, 15) is 4.79 Å². The average Bonchev–Trinajstić information content (AvgIpc) is 2.42. The van der Waals surface area contributed by atoms with E-state index in [-0.39, 0.29) is 0 Å². The minimum absolute atomic E-state index is 0.609. The van der Waals surface area contributed by atoms with Gasteiger partial charge in [0.05, 0.1) is 5.69 Å². The van der Waals surface area contributed by atoms with E-state index in [1.165, 1.54) is 11.3 Å². The first kappa shape index (κ1) is 8.07. The summed E-state index contributed by atoms with van der Waals surface area (Å²) in [5, 5.41) is 1.53. The Morgan fingerprint density at radius 1 is 1.31 bits per heavy atom. The van der Waals surface area contributed by atoms with Gasteiger partial charge in [-0.15, -0.1) is 11.3 Å². The number of nitrogens with two attached hydrogens (primary N) is 2. The van der Waals surface area contributed by atoms with Gasteiger partial charge in [0.2, 0.25) is 0 Å². The van der Waals surface area contributed by atoms with Crippen LogP contribution in [-0.2, 0) is 0 Å². The highest BCUT2D eigenvalue weighted by molar-refractivity contribution is 7.23. The van der Waals surface area contributed by atoms with Gasteiger partial charge in [-0.05, 0) is 6.07 Å². The van der Waals surface area contributed by atoms with Crippen molar-refractivity contribution in [1.82, 2.24) is 0 Å². The average molecular weight is 192 g/mol. The monoisotopic (exact) mass is 192 g/mol. The van der Waals surface area contributed by atoms with Crippen molar-refractivity contribution in [3.05, 3.63) is 23.8 Å². The number of fused-ring (bicyclic) bond motifs is 1. The van der Waals surface area contributed by atoms with E-state index >= 15 is 0 Å². The summed E-state index contributed by atoms with van der Waals surface area (Å²) in [6.07, 6.45) is 0.811. The maximum atomic E-state index is 10.5. The molecule has 4 heteroatoms. The topological polar surface area (TPSA) is 69.1 Å². The molecular weight excluding hydrogens is 184 g/mol. The number of hydrogen-bond donors (Lipinski definition) is 2. The third kappa shape index (κ3) is 1.15. The molecule has 0 fully saturated rings. The van der Waals surface area contributed by atoms with Crippen molar-refractivity contribution in [3.8, 4) is 0 Å². The molecule has 0 amide bonds. The lowest BCUT2D eigenvalue weighted by Crippen LogP contribution is -1.88. The number of carbonyl (C=O) groups excluding carboxylic acids is 1. The second-order valence-corrected chi connectivity index (χ2v) is 3.84. The molecule has 13 heavy (non-hydrogen) atoms. The molecule has 0 unspecified atom stereocenters. The summed E-state index contributed by atoms with van der Waals surface area (Å²) in [5.41, 5.74) is 12.6. The van der Waals surface area contributed by atoms with Gasteiger partial charge < -0.3 is 11.5 Å². The Kier molecular flexibility index (Phi) is 1.70. The van der Waals surface area contributed by atoms with E-state index in [0.717, 1.165) is 16.4 Å². The van der Waals surface area contributed by atoms with Crippen LogP contribution in [0.4, 0.5) is 10.7 Å². The summed E-state index contributed by atoms with van der Waals surface area (Å²) in [5.74, 6) is 0. The second kappa shape index (κ2) is 2.74. The van der Waals surface area contributed by atoms with Crippen molar-refractivity contribution in [2.24, 2.45) is 0 Å². The Morgan fingerprint density at radius 3 is 2.77 bits per heavy atom. The zero-order chi connectivity index (χ0) is 9.42. The molecule has 2 aromatic rings. The molecular formula is C9H8N2OS. The largest absolute Gasteiger partial charge is 0.396 e. The maximum Gasteiger partial charge on any atom is 0.150 e. The van der Waals surface area contributed by atoms with Crippen LogP contribution in [0.5, 0.6) is 0 Å². The van der Waals surface area contributed by atoms with E-state index in [2.05, 4.69) is 0 Å². The van der Waals surface area contributed by atoms with Crippen LogP contribution in [0, 0.1) is 0 Å². The van der Waals surface area contributed by atoms with Gasteiger partial charge in [-0.3, -0.25) is 4.79 Å². The summed E-state index contributed by atoms with van der Waals surface area (Å²) < 4.78 is 0.958. The molecule has 0 aliphatic carbocycles. The van der Waals surface area contributed by atoms with E-state index in [4.69, 9.17) is 11.5 Å². The van der Waals surface area contributed by atoms with Gasteiger partial charge in [0.1, 0.15) is 11.3 Å². The molecule has 1 aromatic carbocycles. The Labute approximate surface area is 79.0 Å². The number of aldehydes is 1. The smallest absolute Gasteiger partial charge is 0.150 e. The highest BCUT2D eigenvalue weighted by Gasteiger charge is 2.06. The lowest BCUT2D eigenvalue weighted by molar-refractivity contribution is 0.112. The number of thiophene rings is 1. The van der Waals surface area contributed by atoms with E-state index < -0.39 is 0 Å². The molecule has 0 aliphatic rings. The van der Waals surface area contributed by atoms with Gasteiger partial charge in [-0.25, -0.2) is 0 Å². The molecule has 1 aromatic heterocycles. The minimum atomic E-state index is 0.609. The van der Waals surface area contributed by atoms with Gasteiger partial charge in [-0.1, -0.05) is 12.1 Å². The van der Waals surface area contributed by atoms with Crippen molar-refractivity contribution >= 4 is 38.4 Å². The summed E-state index contributed by atoms with van der Waals surface area (Å²) in [4.78, 5) is 10.5. The van der Waals surface area contributed by atoms with Crippen molar-refractivity contribution in [1.29, 1.82) is 0 Å². The molecule has 0 atom stereocenters. The molecule has 66 valence electrons. The molecule has 4 N–H and O–H groups in total. The summed E-state index contributed by atoms with van der Waals surface area (Å²) in [7, 11) is 0. The number of nitrogen functional groups attached to an aromatic ring is 2. The fourth-order valence-electron chi connectivity index (χ4n) is 1.23. The number of hydrogen-bond acceptors (Lipinski definition) is 4. The summed E-state index contributed by atoms with van der Waals surface area (Å²) >= 11 is 1.40. The maximum absolute atomic E-state index is 10.5. The first-order valence-electron chi connectivity index (χ1n) is 3.75. The standard InChI is InChI=1S/C9H8N2OS/c10-8-6-2-1-5(4-12)3-7(6)13-9(8)11/h1-4H,10-11H2. The Morgan fingerprint density at radius 2 is 2.08 bits per heavy atom. The van der Waals surface area contributed by atoms with Crippen LogP contribution in [0.25, 0.3) is 10.1 Å². The first-order chi connectivity index (χ1) is 6.22. The van der Waals surface area contributed by atoms with Crippen molar-refractivity contribution < 1.29 is 4.79 Å². The number of benzene rings is 1. The molecule has 0 spiro atoms. The number of rotatable bonds is 1. The third-order valence-electron chi connectivity index (χ3n) is 1.92.